The van der Waals surface area contributed by atoms with Crippen LogP contribution in [-0.4, -0.2) is 23.2 Å². The van der Waals surface area contributed by atoms with E-state index in [4.69, 9.17) is 4.74 Å². The summed E-state index contributed by atoms with van der Waals surface area (Å²) in [5.41, 5.74) is 0.902. The molecule has 0 radical (unpaired) electrons. The second-order valence-corrected chi connectivity index (χ2v) is 5.83. The van der Waals surface area contributed by atoms with E-state index in [2.05, 4.69) is 28.2 Å². The number of ether oxygens (including phenoxy) is 1. The summed E-state index contributed by atoms with van der Waals surface area (Å²) in [6, 6.07) is 5.08. The van der Waals surface area contributed by atoms with Gasteiger partial charge in [0.1, 0.15) is 0 Å². The van der Waals surface area contributed by atoms with E-state index in [9.17, 15) is 10.1 Å². The molecule has 104 valence electrons. The quantitative estimate of drug-likeness (QED) is 0.681. The van der Waals surface area contributed by atoms with Crippen LogP contribution in [0, 0.1) is 10.1 Å². The Hall–Kier alpha value is -0.980. The van der Waals surface area contributed by atoms with Crippen LogP contribution in [0.25, 0.3) is 0 Å². The van der Waals surface area contributed by atoms with Crippen LogP contribution in [0.3, 0.4) is 0 Å². The smallest absolute Gasteiger partial charge is 0.283 e. The van der Waals surface area contributed by atoms with Gasteiger partial charge in [0.2, 0.25) is 0 Å². The van der Waals surface area contributed by atoms with E-state index < -0.39 is 0 Å². The summed E-state index contributed by atoms with van der Waals surface area (Å²) in [4.78, 5) is 10.5. The van der Waals surface area contributed by atoms with Crippen LogP contribution >= 0.6 is 15.9 Å². The van der Waals surface area contributed by atoms with Gasteiger partial charge in [0.05, 0.1) is 15.5 Å². The highest BCUT2D eigenvalue weighted by atomic mass is 79.9. The molecular weight excluding hydrogens is 312 g/mol. The maximum atomic E-state index is 10.9. The fourth-order valence-electron chi connectivity index (χ4n) is 2.21. The minimum Gasteiger partial charge on any atom is -0.377 e. The van der Waals surface area contributed by atoms with Gasteiger partial charge in [-0.25, -0.2) is 0 Å². The third-order valence-electron chi connectivity index (χ3n) is 3.82. The van der Waals surface area contributed by atoms with Crippen molar-refractivity contribution in [3.05, 3.63) is 38.3 Å². The zero-order valence-corrected chi connectivity index (χ0v) is 12.6. The second-order valence-electron chi connectivity index (χ2n) is 5.04. The van der Waals surface area contributed by atoms with Crippen molar-refractivity contribution in [2.24, 2.45) is 0 Å². The number of hydrogen-bond acceptors (Lipinski definition) is 4. The summed E-state index contributed by atoms with van der Waals surface area (Å²) in [5.74, 6) is 0. The first kappa shape index (κ1) is 14.4. The first-order chi connectivity index (χ1) is 8.94. The van der Waals surface area contributed by atoms with Crippen LogP contribution in [0.1, 0.15) is 25.8 Å². The van der Waals surface area contributed by atoms with Gasteiger partial charge in [-0.3, -0.25) is 10.1 Å². The number of halogens is 1. The average Bonchev–Trinajstić information content (AvgIpc) is 2.68. The molecule has 0 aromatic heterocycles. The van der Waals surface area contributed by atoms with Crippen molar-refractivity contribution in [3.63, 3.8) is 0 Å². The van der Waals surface area contributed by atoms with Gasteiger partial charge >= 0.3 is 0 Å². The van der Waals surface area contributed by atoms with Gasteiger partial charge in [-0.05, 0) is 41.8 Å². The molecule has 1 aliphatic rings. The Morgan fingerprint density at radius 3 is 2.95 bits per heavy atom. The molecular formula is C13H17BrN2O3. The van der Waals surface area contributed by atoms with Crippen molar-refractivity contribution in [3.8, 4) is 0 Å². The molecule has 6 heteroatoms. The highest BCUT2D eigenvalue weighted by Crippen LogP contribution is 2.30. The van der Waals surface area contributed by atoms with Crippen molar-refractivity contribution in [2.75, 3.05) is 6.61 Å². The molecule has 1 saturated heterocycles. The monoisotopic (exact) mass is 328 g/mol. The molecule has 0 spiro atoms. The molecule has 0 bridgehead atoms. The fourth-order valence-corrected chi connectivity index (χ4v) is 2.76. The van der Waals surface area contributed by atoms with Crippen LogP contribution in [-0.2, 0) is 11.3 Å². The summed E-state index contributed by atoms with van der Waals surface area (Å²) >= 11 is 3.31. The van der Waals surface area contributed by atoms with Gasteiger partial charge in [-0.1, -0.05) is 12.1 Å². The van der Waals surface area contributed by atoms with Crippen molar-refractivity contribution >= 4 is 21.6 Å². The molecule has 0 amide bonds. The highest BCUT2D eigenvalue weighted by molar-refractivity contribution is 9.10. The molecule has 1 aromatic rings. The van der Waals surface area contributed by atoms with Gasteiger partial charge in [0, 0.05) is 24.8 Å². The lowest BCUT2D eigenvalue weighted by Gasteiger charge is -2.29. The predicted octanol–water partition coefficient (Wildman–Crippen LogP) is 3.01. The fraction of sp³-hybridized carbons (Fsp3) is 0.538. The minimum atomic E-state index is -0.378. The zero-order valence-electron chi connectivity index (χ0n) is 11.0. The highest BCUT2D eigenvalue weighted by Gasteiger charge is 2.36. The Kier molecular flexibility index (Phi) is 4.23. The van der Waals surface area contributed by atoms with E-state index in [1.54, 1.807) is 6.07 Å². The molecule has 1 heterocycles. The van der Waals surface area contributed by atoms with Gasteiger partial charge in [0.25, 0.3) is 5.69 Å². The van der Waals surface area contributed by atoms with Crippen molar-refractivity contribution in [2.45, 2.75) is 38.5 Å². The molecule has 2 unspecified atom stereocenters. The first-order valence-corrected chi connectivity index (χ1v) is 7.02. The molecule has 0 aliphatic carbocycles. The van der Waals surface area contributed by atoms with E-state index in [1.807, 2.05) is 13.0 Å². The molecule has 1 aliphatic heterocycles. The number of rotatable bonds is 4. The van der Waals surface area contributed by atoms with Gasteiger partial charge < -0.3 is 10.1 Å². The average molecular weight is 329 g/mol. The van der Waals surface area contributed by atoms with E-state index >= 15 is 0 Å². The Morgan fingerprint density at radius 1 is 1.63 bits per heavy atom. The molecule has 1 fully saturated rings. The number of nitro groups is 1. The number of nitro benzene ring substituents is 1. The lowest BCUT2D eigenvalue weighted by atomic mass is 9.94. The second kappa shape index (κ2) is 5.56. The summed E-state index contributed by atoms with van der Waals surface area (Å²) < 4.78 is 6.11. The van der Waals surface area contributed by atoms with Crippen LogP contribution in [0.4, 0.5) is 5.69 Å². The minimum absolute atomic E-state index is 0.0793. The van der Waals surface area contributed by atoms with E-state index in [0.29, 0.717) is 11.0 Å². The van der Waals surface area contributed by atoms with Gasteiger partial charge in [0.15, 0.2) is 0 Å². The lowest BCUT2D eigenvalue weighted by molar-refractivity contribution is -0.385. The zero-order chi connectivity index (χ0) is 14.0. The maximum absolute atomic E-state index is 10.9. The molecule has 0 saturated carbocycles. The third-order valence-corrected chi connectivity index (χ3v) is 4.74. The summed E-state index contributed by atoms with van der Waals surface area (Å²) in [6.07, 6.45) is 1.09. The van der Waals surface area contributed by atoms with Crippen molar-refractivity contribution in [1.29, 1.82) is 0 Å². The standard InChI is InChI=1S/C13H17BrN2O3/c1-9-13(2,6-7-19-9)15-8-10-4-3-5-11(12(10)14)16(17)18/h3-5,9,15H,6-8H2,1-2H3. The van der Waals surface area contributed by atoms with Crippen LogP contribution < -0.4 is 5.32 Å². The van der Waals surface area contributed by atoms with Crippen LogP contribution in [0.2, 0.25) is 0 Å². The summed E-state index contributed by atoms with van der Waals surface area (Å²) in [7, 11) is 0. The molecule has 2 atom stereocenters. The lowest BCUT2D eigenvalue weighted by Crippen LogP contribution is -2.47. The Morgan fingerprint density at radius 2 is 2.37 bits per heavy atom. The largest absolute Gasteiger partial charge is 0.377 e. The Balaban J connectivity index is 2.12. The predicted molar refractivity (Wildman–Crippen MR) is 76.1 cm³/mol. The van der Waals surface area contributed by atoms with E-state index in [-0.39, 0.29) is 22.3 Å². The molecule has 5 nitrogen and oxygen atoms in total. The summed E-state index contributed by atoms with van der Waals surface area (Å²) in [6.45, 7) is 5.49. The van der Waals surface area contributed by atoms with E-state index in [1.165, 1.54) is 6.07 Å². The van der Waals surface area contributed by atoms with Crippen molar-refractivity contribution in [1.82, 2.24) is 5.32 Å². The molecule has 2 rings (SSSR count). The van der Waals surface area contributed by atoms with Crippen molar-refractivity contribution < 1.29 is 9.66 Å². The molecule has 1 N–H and O–H groups in total. The topological polar surface area (TPSA) is 64.4 Å². The third kappa shape index (κ3) is 2.96. The first-order valence-electron chi connectivity index (χ1n) is 6.22. The number of benzene rings is 1. The van der Waals surface area contributed by atoms with Crippen LogP contribution in [0.5, 0.6) is 0 Å². The Bertz CT molecular complexity index is 495. The van der Waals surface area contributed by atoms with E-state index in [0.717, 1.165) is 18.6 Å². The SMILES string of the molecule is CC1OCCC1(C)NCc1cccc([N+](=O)[O-])c1Br. The molecule has 19 heavy (non-hydrogen) atoms. The van der Waals surface area contributed by atoms with Crippen LogP contribution in [0.15, 0.2) is 22.7 Å². The van der Waals surface area contributed by atoms with Gasteiger partial charge in [-0.2, -0.15) is 0 Å². The number of nitrogens with one attached hydrogen (secondary N) is 1. The number of nitrogens with zero attached hydrogens (tertiary/aromatic N) is 1. The summed E-state index contributed by atoms with van der Waals surface area (Å²) in [5, 5.41) is 14.3. The van der Waals surface area contributed by atoms with Gasteiger partial charge in [-0.15, -0.1) is 0 Å². The number of hydrogen-bond donors (Lipinski definition) is 1. The normalized spacial score (nSPS) is 26.6. The molecule has 1 aromatic carbocycles. The Labute approximate surface area is 120 Å². The maximum Gasteiger partial charge on any atom is 0.283 e.